The van der Waals surface area contributed by atoms with Gasteiger partial charge in [0, 0.05) is 93.3 Å². The molecule has 16 nitrogen and oxygen atoms in total. The molecule has 338 valence electrons. The maximum absolute atomic E-state index is 14.3. The zero-order valence-corrected chi connectivity index (χ0v) is 37.9. The van der Waals surface area contributed by atoms with Crippen molar-refractivity contribution in [2.75, 3.05) is 81.9 Å². The van der Waals surface area contributed by atoms with E-state index < -0.39 is 20.9 Å². The van der Waals surface area contributed by atoms with Gasteiger partial charge in [-0.05, 0) is 90.4 Å². The number of anilines is 2. The number of allylic oxidation sites excluding steroid dienone is 1. The number of nitrogens with one attached hydrogen (secondary N) is 2. The van der Waals surface area contributed by atoms with Crippen molar-refractivity contribution in [2.45, 2.75) is 44.0 Å². The van der Waals surface area contributed by atoms with E-state index in [1.807, 2.05) is 41.3 Å². The number of pyridine rings is 1. The van der Waals surface area contributed by atoms with Gasteiger partial charge in [0.15, 0.2) is 0 Å². The second-order valence-electron chi connectivity index (χ2n) is 18.3. The minimum atomic E-state index is -4.57. The van der Waals surface area contributed by atoms with Gasteiger partial charge in [-0.1, -0.05) is 43.2 Å². The van der Waals surface area contributed by atoms with Crippen LogP contribution in [0.3, 0.4) is 0 Å². The van der Waals surface area contributed by atoms with Gasteiger partial charge in [0.25, 0.3) is 21.6 Å². The Hall–Kier alpha value is -5.85. The fraction of sp³-hybridized carbons (Fsp3) is 0.383. The molecule has 0 bridgehead atoms. The highest BCUT2D eigenvalue weighted by atomic mass is 35.5. The average molecular weight is 920 g/mol. The quantitative estimate of drug-likeness (QED) is 0.102. The van der Waals surface area contributed by atoms with E-state index in [0.29, 0.717) is 54.4 Å². The highest BCUT2D eigenvalue weighted by molar-refractivity contribution is 7.90. The highest BCUT2D eigenvalue weighted by Gasteiger charge is 2.37. The molecule has 0 saturated carbocycles. The van der Waals surface area contributed by atoms with Crippen molar-refractivity contribution in [3.63, 3.8) is 0 Å². The van der Waals surface area contributed by atoms with Crippen molar-refractivity contribution in [2.24, 2.45) is 5.41 Å². The van der Waals surface area contributed by atoms with Crippen LogP contribution in [0.5, 0.6) is 0 Å². The number of nitro benzene ring substituents is 1. The molecule has 6 heterocycles. The Balaban J connectivity index is 0.905. The first-order chi connectivity index (χ1) is 31.3. The van der Waals surface area contributed by atoms with Crippen molar-refractivity contribution in [1.29, 1.82) is 0 Å². The Bertz CT molecular complexity index is 2950. The minimum absolute atomic E-state index is 0.0536. The van der Waals surface area contributed by atoms with E-state index in [1.54, 1.807) is 23.1 Å². The van der Waals surface area contributed by atoms with E-state index in [-0.39, 0.29) is 27.6 Å². The molecule has 18 heteroatoms. The lowest BCUT2D eigenvalue weighted by Crippen LogP contribution is -2.61. The standard InChI is InChI=1S/C47H51ClN10O6S/c1-47(2)13-11-33(39(26-47)31-3-5-34(48)6-4-31)28-53-15-17-54(18-16-53)35-7-9-38(42(24-35)57-43-23-32-12-14-49-45(32)51-40(43)27-50-57)46(59)52-65(62,63)37-8-10-41(44(25-37)58(60)61)56-29-36(30-56)55-19-21-64-22-20-55/h3-10,12,14,23-25,27,36H,11,13,15-22,26,28-30H2,1-2H3,(H,49,51)(H,52,59). The van der Waals surface area contributed by atoms with Crippen LogP contribution in [0, 0.1) is 15.5 Å². The van der Waals surface area contributed by atoms with Gasteiger partial charge in [-0.15, -0.1) is 0 Å². The summed E-state index contributed by atoms with van der Waals surface area (Å²) in [5.41, 5.74) is 7.50. The first-order valence-corrected chi connectivity index (χ1v) is 24.0. The van der Waals surface area contributed by atoms with Gasteiger partial charge in [-0.3, -0.25) is 24.7 Å². The molecule has 0 unspecified atom stereocenters. The van der Waals surface area contributed by atoms with E-state index in [2.05, 4.69) is 55.5 Å². The number of piperazine rings is 1. The Morgan fingerprint density at radius 3 is 2.48 bits per heavy atom. The lowest BCUT2D eigenvalue weighted by Gasteiger charge is -2.47. The van der Waals surface area contributed by atoms with Gasteiger partial charge in [-0.2, -0.15) is 5.10 Å². The third-order valence-corrected chi connectivity index (χ3v) is 15.1. The number of aromatic nitrogens is 4. The number of hydrogen-bond acceptors (Lipinski definition) is 12. The number of hydrogen-bond donors (Lipinski definition) is 2. The first kappa shape index (κ1) is 43.1. The normalized spacial score (nSPS) is 18.9. The zero-order valence-electron chi connectivity index (χ0n) is 36.4. The maximum atomic E-state index is 14.3. The molecule has 3 saturated heterocycles. The van der Waals surface area contributed by atoms with Crippen LogP contribution >= 0.6 is 11.6 Å². The maximum Gasteiger partial charge on any atom is 0.293 e. The summed E-state index contributed by atoms with van der Waals surface area (Å²) < 4.78 is 37.1. The van der Waals surface area contributed by atoms with Crippen LogP contribution in [0.2, 0.25) is 5.02 Å². The highest BCUT2D eigenvalue weighted by Crippen LogP contribution is 2.43. The second kappa shape index (κ2) is 17.2. The number of halogens is 1. The van der Waals surface area contributed by atoms with Crippen LogP contribution in [0.25, 0.3) is 33.3 Å². The number of benzene rings is 3. The molecule has 0 spiro atoms. The summed E-state index contributed by atoms with van der Waals surface area (Å²) in [5, 5.41) is 18.6. The summed E-state index contributed by atoms with van der Waals surface area (Å²) >= 11 is 6.26. The number of carbonyl (C=O) groups is 1. The lowest BCUT2D eigenvalue weighted by molar-refractivity contribution is -0.384. The smallest absolute Gasteiger partial charge is 0.293 e. The van der Waals surface area contributed by atoms with Crippen molar-refractivity contribution in [3.05, 3.63) is 117 Å². The molecule has 6 aromatic rings. The third-order valence-electron chi connectivity index (χ3n) is 13.5. The van der Waals surface area contributed by atoms with Crippen molar-refractivity contribution >= 4 is 72.2 Å². The zero-order chi connectivity index (χ0) is 45.0. The number of sulfonamides is 1. The summed E-state index contributed by atoms with van der Waals surface area (Å²) in [5.74, 6) is -0.904. The summed E-state index contributed by atoms with van der Waals surface area (Å²) in [6, 6.07) is 21.3. The van der Waals surface area contributed by atoms with Crippen LogP contribution in [-0.4, -0.2) is 127 Å². The van der Waals surface area contributed by atoms with E-state index in [0.717, 1.165) is 87.2 Å². The predicted molar refractivity (Wildman–Crippen MR) is 252 cm³/mol. The molecule has 0 radical (unpaired) electrons. The fourth-order valence-corrected chi connectivity index (χ4v) is 10.9. The molecule has 3 aliphatic heterocycles. The minimum Gasteiger partial charge on any atom is -0.379 e. The predicted octanol–water partition coefficient (Wildman–Crippen LogP) is 6.89. The number of morpholine rings is 1. The SMILES string of the molecule is CC1(C)CCC(CN2CCN(c3ccc(C(=O)NS(=O)(=O)c4ccc(N5CC(N6CCOCC6)C5)c([N+](=O)[O-])c4)c(-n4ncc5nc6[nH]ccc6cc54)c3)CC2)=C(c2ccc(Cl)cc2)C1. The number of nitrogens with zero attached hydrogens (tertiary/aromatic N) is 8. The molecule has 4 aliphatic rings. The van der Waals surface area contributed by atoms with E-state index >= 15 is 0 Å². The largest absolute Gasteiger partial charge is 0.379 e. The van der Waals surface area contributed by atoms with Crippen LogP contribution < -0.4 is 14.5 Å². The first-order valence-electron chi connectivity index (χ1n) is 22.1. The van der Waals surface area contributed by atoms with Crippen LogP contribution in [0.4, 0.5) is 17.1 Å². The summed E-state index contributed by atoms with van der Waals surface area (Å²) in [6.07, 6.45) is 6.61. The molecule has 3 aromatic carbocycles. The van der Waals surface area contributed by atoms with E-state index in [9.17, 15) is 23.3 Å². The molecule has 2 N–H and O–H groups in total. The van der Waals surface area contributed by atoms with Gasteiger partial charge < -0.3 is 19.5 Å². The monoisotopic (exact) mass is 918 g/mol. The van der Waals surface area contributed by atoms with Gasteiger partial charge in [-0.25, -0.2) is 22.8 Å². The number of amides is 1. The van der Waals surface area contributed by atoms with Crippen LogP contribution in [-0.2, 0) is 14.8 Å². The Morgan fingerprint density at radius 1 is 0.954 bits per heavy atom. The molecule has 3 fully saturated rings. The third kappa shape index (κ3) is 8.70. The number of rotatable bonds is 11. The van der Waals surface area contributed by atoms with Gasteiger partial charge in [0.05, 0.1) is 46.0 Å². The van der Waals surface area contributed by atoms with Gasteiger partial charge >= 0.3 is 0 Å². The molecule has 3 aromatic heterocycles. The van der Waals surface area contributed by atoms with E-state index in [4.69, 9.17) is 21.3 Å². The van der Waals surface area contributed by atoms with Crippen LogP contribution in [0.1, 0.15) is 49.0 Å². The van der Waals surface area contributed by atoms with Gasteiger partial charge in [0.2, 0.25) is 0 Å². The fourth-order valence-electron chi connectivity index (χ4n) is 9.74. The molecular formula is C47H51ClN10O6S. The number of nitro groups is 1. The number of H-pyrrole nitrogens is 1. The Morgan fingerprint density at radius 2 is 1.72 bits per heavy atom. The molecule has 1 amide bonds. The van der Waals surface area contributed by atoms with Crippen molar-refractivity contribution in [1.82, 2.24) is 34.3 Å². The molecule has 0 atom stereocenters. The Kier molecular flexibility index (Phi) is 11.4. The molecule has 10 rings (SSSR count). The van der Waals surface area contributed by atoms with Crippen molar-refractivity contribution < 1.29 is 22.9 Å². The average Bonchev–Trinajstić information content (AvgIpc) is 3.92. The Labute approximate surface area is 382 Å². The lowest BCUT2D eigenvalue weighted by atomic mass is 9.72. The van der Waals surface area contributed by atoms with Gasteiger partial charge in [0.1, 0.15) is 16.9 Å². The molecule has 65 heavy (non-hydrogen) atoms. The van der Waals surface area contributed by atoms with Crippen molar-refractivity contribution in [3.8, 4) is 5.69 Å². The molecule has 1 aliphatic carbocycles. The molecular weight excluding hydrogens is 868 g/mol. The summed E-state index contributed by atoms with van der Waals surface area (Å²) in [6.45, 7) is 12.7. The van der Waals surface area contributed by atoms with Crippen LogP contribution in [0.15, 0.2) is 95.7 Å². The van der Waals surface area contributed by atoms with E-state index in [1.165, 1.54) is 28.8 Å². The number of carbonyl (C=O) groups excluding carboxylic acids is 1. The summed E-state index contributed by atoms with van der Waals surface area (Å²) in [7, 11) is -4.57. The second-order valence-corrected chi connectivity index (χ2v) is 20.4. The topological polar surface area (TPSA) is 175 Å². The summed E-state index contributed by atoms with van der Waals surface area (Å²) in [4.78, 5) is 42.4. The number of aromatic amines is 1. The number of ether oxygens (including phenoxy) is 1. The number of fused-ring (bicyclic) bond motifs is 2.